The van der Waals surface area contributed by atoms with Crippen LogP contribution in [-0.4, -0.2) is 15.9 Å². The van der Waals surface area contributed by atoms with Crippen LogP contribution in [0.3, 0.4) is 0 Å². The van der Waals surface area contributed by atoms with Gasteiger partial charge in [0.15, 0.2) is 0 Å². The lowest BCUT2D eigenvalue weighted by molar-refractivity contribution is 0.102. The van der Waals surface area contributed by atoms with Crippen LogP contribution in [0, 0.1) is 0 Å². The second-order valence-corrected chi connectivity index (χ2v) is 6.40. The second kappa shape index (κ2) is 6.18. The van der Waals surface area contributed by atoms with Gasteiger partial charge in [-0.2, -0.15) is 0 Å². The SMILES string of the molecule is O=C(Nc1ccccc1)c1ccc2nc3ccc4ccccc4c3nc2c1. The summed E-state index contributed by atoms with van der Waals surface area (Å²) < 4.78 is 0. The second-order valence-electron chi connectivity index (χ2n) is 6.40. The lowest BCUT2D eigenvalue weighted by Crippen LogP contribution is -2.11. The third-order valence-electron chi connectivity index (χ3n) is 4.62. The topological polar surface area (TPSA) is 54.9 Å². The highest BCUT2D eigenvalue weighted by Gasteiger charge is 2.10. The van der Waals surface area contributed by atoms with E-state index in [0.29, 0.717) is 11.1 Å². The largest absolute Gasteiger partial charge is 0.322 e. The van der Waals surface area contributed by atoms with Crippen LogP contribution in [0.2, 0.25) is 0 Å². The zero-order chi connectivity index (χ0) is 18.2. The van der Waals surface area contributed by atoms with Crippen molar-refractivity contribution in [2.24, 2.45) is 0 Å². The zero-order valence-electron chi connectivity index (χ0n) is 14.4. The summed E-state index contributed by atoms with van der Waals surface area (Å²) in [5.41, 5.74) is 4.50. The molecule has 5 rings (SSSR count). The van der Waals surface area contributed by atoms with Gasteiger partial charge >= 0.3 is 0 Å². The number of nitrogens with one attached hydrogen (secondary N) is 1. The number of hydrogen-bond acceptors (Lipinski definition) is 3. The van der Waals surface area contributed by atoms with Crippen LogP contribution >= 0.6 is 0 Å². The van der Waals surface area contributed by atoms with Crippen molar-refractivity contribution in [3.63, 3.8) is 0 Å². The first-order chi connectivity index (χ1) is 13.3. The van der Waals surface area contributed by atoms with E-state index in [1.807, 2.05) is 60.7 Å². The van der Waals surface area contributed by atoms with E-state index in [1.54, 1.807) is 12.1 Å². The van der Waals surface area contributed by atoms with Crippen LogP contribution in [0.25, 0.3) is 32.8 Å². The molecule has 0 aliphatic rings. The van der Waals surface area contributed by atoms with Gasteiger partial charge in [0.25, 0.3) is 5.91 Å². The third-order valence-corrected chi connectivity index (χ3v) is 4.62. The highest BCUT2D eigenvalue weighted by Crippen LogP contribution is 2.25. The van der Waals surface area contributed by atoms with Gasteiger partial charge in [0.1, 0.15) is 0 Å². The summed E-state index contributed by atoms with van der Waals surface area (Å²) in [6.45, 7) is 0. The predicted octanol–water partition coefficient (Wildman–Crippen LogP) is 5.19. The van der Waals surface area contributed by atoms with Gasteiger partial charge in [-0.05, 0) is 41.8 Å². The molecule has 5 aromatic rings. The molecule has 1 aromatic heterocycles. The maximum atomic E-state index is 12.6. The molecule has 0 atom stereocenters. The minimum Gasteiger partial charge on any atom is -0.322 e. The fraction of sp³-hybridized carbons (Fsp3) is 0. The van der Waals surface area contributed by atoms with Crippen LogP contribution in [0.1, 0.15) is 10.4 Å². The Hall–Kier alpha value is -3.79. The first-order valence-corrected chi connectivity index (χ1v) is 8.74. The Morgan fingerprint density at radius 3 is 2.37 bits per heavy atom. The number of carbonyl (C=O) groups excluding carboxylic acids is 1. The number of para-hydroxylation sites is 1. The first kappa shape index (κ1) is 15.5. The molecule has 4 heteroatoms. The molecule has 0 unspecified atom stereocenters. The van der Waals surface area contributed by atoms with Gasteiger partial charge in [0.2, 0.25) is 0 Å². The van der Waals surface area contributed by atoms with E-state index in [2.05, 4.69) is 17.4 Å². The number of carbonyl (C=O) groups is 1. The molecule has 0 radical (unpaired) electrons. The average Bonchev–Trinajstić information content (AvgIpc) is 2.72. The number of anilines is 1. The van der Waals surface area contributed by atoms with Crippen molar-refractivity contribution < 1.29 is 4.79 Å². The molecule has 0 bridgehead atoms. The number of nitrogens with zero attached hydrogens (tertiary/aromatic N) is 2. The molecule has 0 spiro atoms. The number of aromatic nitrogens is 2. The van der Waals surface area contributed by atoms with E-state index in [9.17, 15) is 4.79 Å². The highest BCUT2D eigenvalue weighted by molar-refractivity contribution is 6.08. The van der Waals surface area contributed by atoms with Crippen molar-refractivity contribution in [3.05, 3.63) is 90.5 Å². The fourth-order valence-electron chi connectivity index (χ4n) is 3.28. The number of hydrogen-bond donors (Lipinski definition) is 1. The highest BCUT2D eigenvalue weighted by atomic mass is 16.1. The molecule has 0 aliphatic carbocycles. The summed E-state index contributed by atoms with van der Waals surface area (Å²) >= 11 is 0. The molecule has 27 heavy (non-hydrogen) atoms. The fourth-order valence-corrected chi connectivity index (χ4v) is 3.28. The monoisotopic (exact) mass is 349 g/mol. The molecular weight excluding hydrogens is 334 g/mol. The Morgan fingerprint density at radius 2 is 1.48 bits per heavy atom. The molecule has 0 fully saturated rings. The Kier molecular flexibility index (Phi) is 3.54. The van der Waals surface area contributed by atoms with E-state index in [1.165, 1.54) is 0 Å². The summed E-state index contributed by atoms with van der Waals surface area (Å²) in [6, 6.07) is 27.0. The van der Waals surface area contributed by atoms with Crippen molar-refractivity contribution in [3.8, 4) is 0 Å². The molecule has 1 amide bonds. The van der Waals surface area contributed by atoms with Crippen LogP contribution in [0.15, 0.2) is 84.9 Å². The number of amides is 1. The van der Waals surface area contributed by atoms with Crippen LogP contribution < -0.4 is 5.32 Å². The smallest absolute Gasteiger partial charge is 0.255 e. The molecule has 4 nitrogen and oxygen atoms in total. The van der Waals surface area contributed by atoms with E-state index in [4.69, 9.17) is 9.97 Å². The van der Waals surface area contributed by atoms with Crippen molar-refractivity contribution in [2.45, 2.75) is 0 Å². The lowest BCUT2D eigenvalue weighted by Gasteiger charge is -2.07. The summed E-state index contributed by atoms with van der Waals surface area (Å²) in [5, 5.41) is 5.08. The number of fused-ring (bicyclic) bond motifs is 4. The van der Waals surface area contributed by atoms with E-state index in [-0.39, 0.29) is 5.91 Å². The normalized spacial score (nSPS) is 11.1. The van der Waals surface area contributed by atoms with E-state index >= 15 is 0 Å². The lowest BCUT2D eigenvalue weighted by atomic mass is 10.1. The van der Waals surface area contributed by atoms with Gasteiger partial charge in [0.05, 0.1) is 22.1 Å². The maximum Gasteiger partial charge on any atom is 0.255 e. The standard InChI is InChI=1S/C23H15N3O/c27-23(24-17-7-2-1-3-8-17)16-11-12-19-21(14-16)26-22-18-9-5-4-6-15(18)10-13-20(22)25-19/h1-14H,(H,24,27). The van der Waals surface area contributed by atoms with Gasteiger partial charge in [-0.15, -0.1) is 0 Å². The van der Waals surface area contributed by atoms with Crippen molar-refractivity contribution >= 4 is 44.4 Å². The molecule has 128 valence electrons. The van der Waals surface area contributed by atoms with Crippen molar-refractivity contribution in [2.75, 3.05) is 5.32 Å². The molecular formula is C23H15N3O. The molecule has 1 heterocycles. The summed E-state index contributed by atoms with van der Waals surface area (Å²) in [6.07, 6.45) is 0. The molecule has 4 aromatic carbocycles. The minimum atomic E-state index is -0.164. The molecule has 0 saturated heterocycles. The number of rotatable bonds is 2. The van der Waals surface area contributed by atoms with E-state index in [0.717, 1.165) is 33.0 Å². The van der Waals surface area contributed by atoms with Gasteiger partial charge in [-0.25, -0.2) is 9.97 Å². The Bertz CT molecular complexity index is 1310. The predicted molar refractivity (Wildman–Crippen MR) is 109 cm³/mol. The minimum absolute atomic E-state index is 0.164. The first-order valence-electron chi connectivity index (χ1n) is 8.74. The van der Waals surface area contributed by atoms with E-state index < -0.39 is 0 Å². The van der Waals surface area contributed by atoms with Gasteiger partial charge in [-0.1, -0.05) is 48.5 Å². The summed E-state index contributed by atoms with van der Waals surface area (Å²) in [7, 11) is 0. The Balaban J connectivity index is 1.62. The van der Waals surface area contributed by atoms with Gasteiger partial charge in [0, 0.05) is 16.6 Å². The average molecular weight is 349 g/mol. The van der Waals surface area contributed by atoms with Crippen molar-refractivity contribution in [1.82, 2.24) is 9.97 Å². The molecule has 1 N–H and O–H groups in total. The van der Waals surface area contributed by atoms with Crippen LogP contribution in [-0.2, 0) is 0 Å². The zero-order valence-corrected chi connectivity index (χ0v) is 14.4. The molecule has 0 aliphatic heterocycles. The van der Waals surface area contributed by atoms with Gasteiger partial charge < -0.3 is 5.32 Å². The van der Waals surface area contributed by atoms with Crippen molar-refractivity contribution in [1.29, 1.82) is 0 Å². The molecule has 0 saturated carbocycles. The maximum absolute atomic E-state index is 12.6. The Morgan fingerprint density at radius 1 is 0.704 bits per heavy atom. The van der Waals surface area contributed by atoms with Crippen LogP contribution in [0.4, 0.5) is 5.69 Å². The summed E-state index contributed by atoms with van der Waals surface area (Å²) in [5.74, 6) is -0.164. The third kappa shape index (κ3) is 2.77. The van der Waals surface area contributed by atoms with Gasteiger partial charge in [-0.3, -0.25) is 4.79 Å². The van der Waals surface area contributed by atoms with Crippen LogP contribution in [0.5, 0.6) is 0 Å². The Labute approximate surface area is 155 Å². The number of benzene rings is 4. The summed E-state index contributed by atoms with van der Waals surface area (Å²) in [4.78, 5) is 22.1. The quantitative estimate of drug-likeness (QED) is 0.352.